The minimum absolute atomic E-state index is 0.00214. The van der Waals surface area contributed by atoms with Crippen molar-refractivity contribution in [1.29, 1.82) is 0 Å². The summed E-state index contributed by atoms with van der Waals surface area (Å²) in [5, 5.41) is 6.32. The second kappa shape index (κ2) is 10.8. The molecule has 1 aromatic carbocycles. The van der Waals surface area contributed by atoms with E-state index in [1.807, 2.05) is 24.3 Å². The number of fused-ring (bicyclic) bond motifs is 2. The first-order chi connectivity index (χ1) is 19.6. The van der Waals surface area contributed by atoms with E-state index in [0.717, 1.165) is 62.4 Å². The van der Waals surface area contributed by atoms with E-state index in [-0.39, 0.29) is 35.0 Å². The number of ketones is 1. The third-order valence-electron chi connectivity index (χ3n) is 10.5. The Labute approximate surface area is 240 Å². The first-order valence-corrected chi connectivity index (χ1v) is 15.3. The van der Waals surface area contributed by atoms with Crippen LogP contribution in [0, 0.1) is 29.1 Å². The van der Waals surface area contributed by atoms with Gasteiger partial charge < -0.3 is 26.3 Å². The lowest BCUT2D eigenvalue weighted by Crippen LogP contribution is -2.58. The average molecular weight is 563 g/mol. The van der Waals surface area contributed by atoms with Gasteiger partial charge in [0.15, 0.2) is 0 Å². The second-order valence-corrected chi connectivity index (χ2v) is 13.3. The van der Waals surface area contributed by atoms with Crippen molar-refractivity contribution < 1.29 is 19.2 Å². The summed E-state index contributed by atoms with van der Waals surface area (Å²) in [4.78, 5) is 62.6. The summed E-state index contributed by atoms with van der Waals surface area (Å²) in [5.41, 5.74) is 6.99. The number of aromatic nitrogens is 2. The molecule has 2 aromatic rings. The van der Waals surface area contributed by atoms with E-state index < -0.39 is 29.8 Å². The summed E-state index contributed by atoms with van der Waals surface area (Å²) < 4.78 is 0. The minimum atomic E-state index is -1.04. The van der Waals surface area contributed by atoms with E-state index in [1.165, 1.54) is 0 Å². The van der Waals surface area contributed by atoms with Crippen molar-refractivity contribution in [2.24, 2.45) is 34.8 Å². The van der Waals surface area contributed by atoms with Gasteiger partial charge in [0.05, 0.1) is 17.1 Å². The second-order valence-electron chi connectivity index (χ2n) is 13.3. The molecule has 4 fully saturated rings. The molecule has 10 nitrogen and oxygen atoms in total. The van der Waals surface area contributed by atoms with E-state index in [2.05, 4.69) is 34.4 Å². The predicted octanol–water partition coefficient (Wildman–Crippen LogP) is 3.14. The Hall–Kier alpha value is -3.43. The number of piperidine rings is 1. The van der Waals surface area contributed by atoms with E-state index in [4.69, 9.17) is 5.73 Å². The van der Waals surface area contributed by atoms with E-state index >= 15 is 0 Å². The van der Waals surface area contributed by atoms with Gasteiger partial charge in [0, 0.05) is 6.54 Å². The molecule has 0 radical (unpaired) electrons. The van der Waals surface area contributed by atoms with Gasteiger partial charge in [-0.15, -0.1) is 0 Å². The molecule has 1 aromatic heterocycles. The van der Waals surface area contributed by atoms with E-state index in [0.29, 0.717) is 24.8 Å². The van der Waals surface area contributed by atoms with Crippen LogP contribution in [-0.2, 0) is 19.2 Å². The monoisotopic (exact) mass is 562 g/mol. The molecule has 5 N–H and O–H groups in total. The van der Waals surface area contributed by atoms with Gasteiger partial charge >= 0.3 is 0 Å². The van der Waals surface area contributed by atoms with Gasteiger partial charge in [-0.2, -0.15) is 0 Å². The normalized spacial score (nSPS) is 27.0. The van der Waals surface area contributed by atoms with Gasteiger partial charge in [0.1, 0.15) is 12.1 Å². The van der Waals surface area contributed by atoms with Crippen LogP contribution in [0.15, 0.2) is 24.3 Å². The van der Waals surface area contributed by atoms with Crippen molar-refractivity contribution in [2.45, 2.75) is 89.8 Å². The van der Waals surface area contributed by atoms with Crippen molar-refractivity contribution in [3.63, 3.8) is 0 Å². The van der Waals surface area contributed by atoms with Crippen LogP contribution in [0.25, 0.3) is 11.0 Å². The number of benzene rings is 1. The highest BCUT2D eigenvalue weighted by Crippen LogP contribution is 2.65. The standard InChI is InChI=1S/C31H42N6O4/c1-31(2)19-16-37(25(23(19)31)28(40)33-22(26(38)27(32)39)15-17-9-8-10-17)29(41)24(18-11-4-3-5-12-18)36-30-34-20-13-6-7-14-21(20)35-30/h6-7,13-14,17-19,22-25H,3-5,8-12,15-16H2,1-2H3,(H2,32,39)(H,33,40)(H2,34,35,36)/t19-,22?,23?,24-,25-/m0/s1. The number of nitrogens with one attached hydrogen (secondary N) is 3. The zero-order chi connectivity index (χ0) is 28.9. The number of Topliss-reactive ketones (excluding diaryl/α,β-unsaturated/α-hetero) is 1. The molecule has 1 saturated heterocycles. The number of anilines is 1. The number of nitrogens with zero attached hydrogens (tertiary/aromatic N) is 2. The van der Waals surface area contributed by atoms with Crippen LogP contribution in [0.5, 0.6) is 0 Å². The lowest BCUT2D eigenvalue weighted by atomic mass is 9.80. The average Bonchev–Trinajstić information content (AvgIpc) is 3.29. The Bertz CT molecular complexity index is 1310. The highest BCUT2D eigenvalue weighted by molar-refractivity contribution is 6.37. The molecule has 0 bridgehead atoms. The number of aromatic amines is 1. The van der Waals surface area contributed by atoms with Crippen LogP contribution in [0.3, 0.4) is 0 Å². The Balaban J connectivity index is 1.26. The van der Waals surface area contributed by atoms with Crippen LogP contribution >= 0.6 is 0 Å². The molecule has 10 heteroatoms. The molecule has 3 aliphatic carbocycles. The van der Waals surface area contributed by atoms with E-state index in [1.54, 1.807) is 4.90 Å². The van der Waals surface area contributed by atoms with Crippen molar-refractivity contribution in [2.75, 3.05) is 11.9 Å². The number of hydrogen-bond donors (Lipinski definition) is 4. The first kappa shape index (κ1) is 27.7. The zero-order valence-corrected chi connectivity index (χ0v) is 24.0. The molecule has 4 aliphatic rings. The van der Waals surface area contributed by atoms with Crippen LogP contribution < -0.4 is 16.4 Å². The van der Waals surface area contributed by atoms with Crippen molar-refractivity contribution >= 4 is 40.5 Å². The number of rotatable bonds is 10. The SMILES string of the molecule is CC1(C)C2[C@@H](C(=O)NC(CC3CCC3)C(=O)C(N)=O)N(C(=O)[C@@H](Nc3nc4ccccc4[nH]3)C3CCCCC3)C[C@@H]21. The molecule has 41 heavy (non-hydrogen) atoms. The number of hydrogen-bond acceptors (Lipinski definition) is 6. The molecule has 2 unspecified atom stereocenters. The number of imidazole rings is 1. The maximum absolute atomic E-state index is 14.4. The Morgan fingerprint density at radius 2 is 1.80 bits per heavy atom. The van der Waals surface area contributed by atoms with Gasteiger partial charge in [0.25, 0.3) is 5.91 Å². The van der Waals surface area contributed by atoms with E-state index in [9.17, 15) is 19.2 Å². The summed E-state index contributed by atoms with van der Waals surface area (Å²) in [5.74, 6) is -1.09. The van der Waals surface area contributed by atoms with Crippen LogP contribution in [0.1, 0.15) is 71.6 Å². The quantitative estimate of drug-likeness (QED) is 0.327. The van der Waals surface area contributed by atoms with Crippen molar-refractivity contribution in [3.05, 3.63) is 24.3 Å². The van der Waals surface area contributed by atoms with Gasteiger partial charge in [-0.1, -0.05) is 64.5 Å². The molecular formula is C31H42N6O4. The zero-order valence-electron chi connectivity index (χ0n) is 24.0. The van der Waals surface area contributed by atoms with Crippen LogP contribution in [0.2, 0.25) is 0 Å². The highest BCUT2D eigenvalue weighted by atomic mass is 16.2. The summed E-state index contributed by atoms with van der Waals surface area (Å²) in [6.07, 6.45) is 8.59. The number of carbonyl (C=O) groups is 4. The molecule has 0 spiro atoms. The molecule has 5 atom stereocenters. The molecule has 2 heterocycles. The first-order valence-electron chi connectivity index (χ1n) is 15.3. The van der Waals surface area contributed by atoms with Gasteiger partial charge in [0.2, 0.25) is 23.5 Å². The maximum atomic E-state index is 14.4. The molecular weight excluding hydrogens is 520 g/mol. The fraction of sp³-hybridized carbons (Fsp3) is 0.645. The predicted molar refractivity (Wildman–Crippen MR) is 154 cm³/mol. The molecule has 220 valence electrons. The summed E-state index contributed by atoms with van der Waals surface area (Å²) in [6, 6.07) is 5.58. The summed E-state index contributed by atoms with van der Waals surface area (Å²) >= 11 is 0. The third kappa shape index (κ3) is 5.21. The smallest absolute Gasteiger partial charge is 0.287 e. The topological polar surface area (TPSA) is 150 Å². The molecule has 1 aliphatic heterocycles. The maximum Gasteiger partial charge on any atom is 0.287 e. The largest absolute Gasteiger partial charge is 0.363 e. The van der Waals surface area contributed by atoms with Gasteiger partial charge in [-0.05, 0) is 60.5 Å². The highest BCUT2D eigenvalue weighted by Gasteiger charge is 2.69. The van der Waals surface area contributed by atoms with Gasteiger partial charge in [-0.3, -0.25) is 19.2 Å². The number of carbonyl (C=O) groups excluding carboxylic acids is 4. The fourth-order valence-electron chi connectivity index (χ4n) is 7.73. The number of H-pyrrole nitrogens is 1. The van der Waals surface area contributed by atoms with Crippen molar-refractivity contribution in [3.8, 4) is 0 Å². The van der Waals surface area contributed by atoms with Crippen molar-refractivity contribution in [1.82, 2.24) is 20.2 Å². The number of amides is 3. The summed E-state index contributed by atoms with van der Waals surface area (Å²) in [6.45, 7) is 4.77. The lowest BCUT2D eigenvalue weighted by molar-refractivity contribution is -0.144. The molecule has 3 saturated carbocycles. The molecule has 6 rings (SSSR count). The number of nitrogens with two attached hydrogens (primary N) is 1. The van der Waals surface area contributed by atoms with Gasteiger partial charge in [-0.25, -0.2) is 4.98 Å². The van der Waals surface area contributed by atoms with Crippen LogP contribution in [-0.4, -0.2) is 63.0 Å². The minimum Gasteiger partial charge on any atom is -0.363 e. The Morgan fingerprint density at radius 3 is 2.46 bits per heavy atom. The lowest BCUT2D eigenvalue weighted by Gasteiger charge is -2.37. The Kier molecular flexibility index (Phi) is 7.28. The number of primary amides is 1. The Morgan fingerprint density at radius 1 is 1.07 bits per heavy atom. The summed E-state index contributed by atoms with van der Waals surface area (Å²) in [7, 11) is 0. The van der Waals surface area contributed by atoms with Crippen LogP contribution in [0.4, 0.5) is 5.95 Å². The number of likely N-dealkylation sites (tertiary alicyclic amines) is 1. The molecule has 3 amide bonds. The third-order valence-corrected chi connectivity index (χ3v) is 10.5. The fourth-order valence-corrected chi connectivity index (χ4v) is 7.73. The number of para-hydroxylation sites is 2.